The van der Waals surface area contributed by atoms with Gasteiger partial charge in [-0.2, -0.15) is 0 Å². The largest absolute Gasteiger partial charge is 0.391 e. The first-order chi connectivity index (χ1) is 8.10. The molecule has 0 saturated carbocycles. The number of nitrogens with zero attached hydrogens (tertiary/aromatic N) is 2. The highest BCUT2D eigenvalue weighted by atomic mass is 32.1. The zero-order valence-electron chi connectivity index (χ0n) is 10.4. The first-order valence-electron chi connectivity index (χ1n) is 6.00. The van der Waals surface area contributed by atoms with E-state index in [0.717, 1.165) is 31.3 Å². The van der Waals surface area contributed by atoms with E-state index >= 15 is 0 Å². The molecule has 96 valence electrons. The van der Waals surface area contributed by atoms with Gasteiger partial charge >= 0.3 is 0 Å². The van der Waals surface area contributed by atoms with Crippen molar-refractivity contribution in [3.05, 3.63) is 16.6 Å². The maximum absolute atomic E-state index is 10.4. The highest BCUT2D eigenvalue weighted by Gasteiger charge is 2.35. The maximum atomic E-state index is 10.4. The summed E-state index contributed by atoms with van der Waals surface area (Å²) in [5.41, 5.74) is -0.227. The summed E-state index contributed by atoms with van der Waals surface area (Å²) in [6, 6.07) is 0. The van der Waals surface area contributed by atoms with E-state index in [1.165, 1.54) is 0 Å². The van der Waals surface area contributed by atoms with Gasteiger partial charge in [0, 0.05) is 36.6 Å². The lowest BCUT2D eigenvalue weighted by molar-refractivity contribution is -0.0612. The summed E-state index contributed by atoms with van der Waals surface area (Å²) in [6.07, 6.45) is 2.02. The first-order valence-corrected chi connectivity index (χ1v) is 6.88. The normalized spacial score (nSPS) is 20.4. The third-order valence-electron chi connectivity index (χ3n) is 3.49. The van der Waals surface area contributed by atoms with E-state index in [9.17, 15) is 5.11 Å². The van der Waals surface area contributed by atoms with Crippen molar-refractivity contribution in [3.8, 4) is 0 Å². The van der Waals surface area contributed by atoms with Crippen molar-refractivity contribution in [2.75, 3.05) is 26.3 Å². The molecule has 0 bridgehead atoms. The number of thiazole rings is 1. The average Bonchev–Trinajstić information content (AvgIpc) is 2.83. The smallest absolute Gasteiger partial charge is 0.0951 e. The van der Waals surface area contributed by atoms with Crippen molar-refractivity contribution in [1.29, 1.82) is 0 Å². The SMILES string of the molecule is CC(C)(C(O)Cc1nccs1)N1CCOCC1. The fourth-order valence-electron chi connectivity index (χ4n) is 2.12. The number of rotatable bonds is 4. The predicted octanol–water partition coefficient (Wildman–Crippen LogP) is 1.16. The van der Waals surface area contributed by atoms with Crippen LogP contribution in [0.5, 0.6) is 0 Å². The Morgan fingerprint density at radius 2 is 2.24 bits per heavy atom. The number of ether oxygens (including phenoxy) is 1. The van der Waals surface area contributed by atoms with Crippen LogP contribution >= 0.6 is 11.3 Å². The molecule has 2 heterocycles. The molecule has 1 atom stereocenters. The molecule has 1 fully saturated rings. The van der Waals surface area contributed by atoms with Crippen LogP contribution in [0.25, 0.3) is 0 Å². The molecule has 0 aromatic carbocycles. The lowest BCUT2D eigenvalue weighted by Crippen LogP contribution is -2.56. The Balaban J connectivity index is 1.98. The molecule has 4 nitrogen and oxygen atoms in total. The lowest BCUT2D eigenvalue weighted by atomic mass is 9.92. The number of hydrogen-bond acceptors (Lipinski definition) is 5. The molecule has 1 unspecified atom stereocenters. The molecule has 1 aliphatic heterocycles. The topological polar surface area (TPSA) is 45.6 Å². The Morgan fingerprint density at radius 3 is 2.82 bits per heavy atom. The van der Waals surface area contributed by atoms with Crippen molar-refractivity contribution in [2.45, 2.75) is 31.9 Å². The fourth-order valence-corrected chi connectivity index (χ4v) is 2.77. The summed E-state index contributed by atoms with van der Waals surface area (Å²) in [5, 5.41) is 13.3. The van der Waals surface area contributed by atoms with Crippen LogP contribution in [0.2, 0.25) is 0 Å². The van der Waals surface area contributed by atoms with E-state index in [1.807, 2.05) is 5.38 Å². The predicted molar refractivity (Wildman–Crippen MR) is 68.3 cm³/mol. The van der Waals surface area contributed by atoms with Crippen molar-refractivity contribution in [1.82, 2.24) is 9.88 Å². The van der Waals surface area contributed by atoms with Gasteiger partial charge < -0.3 is 9.84 Å². The van der Waals surface area contributed by atoms with Gasteiger partial charge in [-0.15, -0.1) is 11.3 Å². The second-order valence-electron chi connectivity index (χ2n) is 4.90. The van der Waals surface area contributed by atoms with Crippen molar-refractivity contribution in [2.24, 2.45) is 0 Å². The molecule has 0 aliphatic carbocycles. The summed E-state index contributed by atoms with van der Waals surface area (Å²) < 4.78 is 5.35. The van der Waals surface area contributed by atoms with E-state index < -0.39 is 6.10 Å². The van der Waals surface area contributed by atoms with Crippen molar-refractivity contribution in [3.63, 3.8) is 0 Å². The first kappa shape index (κ1) is 13.0. The van der Waals surface area contributed by atoms with Crippen LogP contribution in [0.3, 0.4) is 0 Å². The quantitative estimate of drug-likeness (QED) is 0.878. The molecule has 0 amide bonds. The molecule has 17 heavy (non-hydrogen) atoms. The second kappa shape index (κ2) is 5.44. The summed E-state index contributed by atoms with van der Waals surface area (Å²) in [6.45, 7) is 7.48. The van der Waals surface area contributed by atoms with Gasteiger partial charge in [-0.05, 0) is 13.8 Å². The van der Waals surface area contributed by atoms with Crippen LogP contribution in [0.15, 0.2) is 11.6 Å². The van der Waals surface area contributed by atoms with E-state index in [2.05, 4.69) is 23.7 Å². The highest BCUT2D eigenvalue weighted by molar-refractivity contribution is 7.09. The zero-order chi connectivity index (χ0) is 12.3. The molecule has 2 rings (SSSR count). The van der Waals surface area contributed by atoms with E-state index in [1.54, 1.807) is 17.5 Å². The number of aliphatic hydroxyl groups excluding tert-OH is 1. The fraction of sp³-hybridized carbons (Fsp3) is 0.750. The second-order valence-corrected chi connectivity index (χ2v) is 5.88. The monoisotopic (exact) mass is 256 g/mol. The zero-order valence-corrected chi connectivity index (χ0v) is 11.2. The molecule has 0 spiro atoms. The number of hydrogen-bond donors (Lipinski definition) is 1. The van der Waals surface area contributed by atoms with Crippen LogP contribution in [0.4, 0.5) is 0 Å². The molecule has 1 N–H and O–H groups in total. The van der Waals surface area contributed by atoms with Gasteiger partial charge in [0.1, 0.15) is 0 Å². The van der Waals surface area contributed by atoms with Gasteiger partial charge in [-0.25, -0.2) is 4.98 Å². The Labute approximate surface area is 106 Å². The van der Waals surface area contributed by atoms with Crippen LogP contribution in [-0.2, 0) is 11.2 Å². The average molecular weight is 256 g/mol. The lowest BCUT2D eigenvalue weighted by Gasteiger charge is -2.43. The van der Waals surface area contributed by atoms with Crippen LogP contribution < -0.4 is 0 Å². The van der Waals surface area contributed by atoms with E-state index in [0.29, 0.717) is 6.42 Å². The van der Waals surface area contributed by atoms with E-state index in [4.69, 9.17) is 4.74 Å². The number of morpholine rings is 1. The third kappa shape index (κ3) is 3.04. The molecule has 5 heteroatoms. The summed E-state index contributed by atoms with van der Waals surface area (Å²) in [5.74, 6) is 0. The van der Waals surface area contributed by atoms with Gasteiger partial charge in [0.05, 0.1) is 24.3 Å². The van der Waals surface area contributed by atoms with Gasteiger partial charge in [0.15, 0.2) is 0 Å². The summed E-state index contributed by atoms with van der Waals surface area (Å²) >= 11 is 1.60. The van der Waals surface area contributed by atoms with Crippen LogP contribution in [-0.4, -0.2) is 52.9 Å². The molecule has 1 aliphatic rings. The minimum atomic E-state index is -0.397. The third-order valence-corrected chi connectivity index (χ3v) is 4.29. The highest BCUT2D eigenvalue weighted by Crippen LogP contribution is 2.23. The Kier molecular flexibility index (Phi) is 4.14. The number of aliphatic hydroxyl groups is 1. The minimum Gasteiger partial charge on any atom is -0.391 e. The Bertz CT molecular complexity index is 334. The summed E-state index contributed by atoms with van der Waals surface area (Å²) in [4.78, 5) is 6.53. The van der Waals surface area contributed by atoms with Crippen molar-refractivity contribution >= 4 is 11.3 Å². The molecular formula is C12H20N2O2S. The van der Waals surface area contributed by atoms with Gasteiger partial charge in [-0.3, -0.25) is 4.90 Å². The maximum Gasteiger partial charge on any atom is 0.0951 e. The Morgan fingerprint density at radius 1 is 1.53 bits per heavy atom. The Hall–Kier alpha value is -0.490. The van der Waals surface area contributed by atoms with Gasteiger partial charge in [0.2, 0.25) is 0 Å². The molecule has 1 aromatic heterocycles. The summed E-state index contributed by atoms with van der Waals surface area (Å²) in [7, 11) is 0. The molecular weight excluding hydrogens is 236 g/mol. The van der Waals surface area contributed by atoms with Crippen LogP contribution in [0, 0.1) is 0 Å². The standard InChI is InChI=1S/C12H20N2O2S/c1-12(2,14-4-6-16-7-5-14)10(15)9-11-13-3-8-17-11/h3,8,10,15H,4-7,9H2,1-2H3. The van der Waals surface area contributed by atoms with E-state index in [-0.39, 0.29) is 5.54 Å². The number of aromatic nitrogens is 1. The van der Waals surface area contributed by atoms with Crippen LogP contribution in [0.1, 0.15) is 18.9 Å². The molecule has 0 radical (unpaired) electrons. The van der Waals surface area contributed by atoms with Gasteiger partial charge in [0.25, 0.3) is 0 Å². The minimum absolute atomic E-state index is 0.227. The van der Waals surface area contributed by atoms with Gasteiger partial charge in [-0.1, -0.05) is 0 Å². The molecule has 1 saturated heterocycles. The molecule has 1 aromatic rings. The van der Waals surface area contributed by atoms with Crippen molar-refractivity contribution < 1.29 is 9.84 Å².